The fourth-order valence-electron chi connectivity index (χ4n) is 2.95. The Morgan fingerprint density at radius 2 is 2.19 bits per heavy atom. The van der Waals surface area contributed by atoms with E-state index in [2.05, 4.69) is 10.1 Å². The second-order valence-corrected chi connectivity index (χ2v) is 6.15. The zero-order valence-electron chi connectivity index (χ0n) is 13.6. The number of rotatable bonds is 3. The van der Waals surface area contributed by atoms with Crippen LogP contribution in [0.1, 0.15) is 36.0 Å². The van der Waals surface area contributed by atoms with Crippen LogP contribution < -0.4 is 5.69 Å². The highest BCUT2D eigenvalue weighted by atomic mass is 35.5. The van der Waals surface area contributed by atoms with Gasteiger partial charge in [-0.15, -0.1) is 0 Å². The van der Waals surface area contributed by atoms with Crippen LogP contribution in [0.5, 0.6) is 0 Å². The number of halogens is 4. The fraction of sp³-hybridized carbons (Fsp3) is 0.467. The van der Waals surface area contributed by atoms with E-state index in [-0.39, 0.29) is 12.2 Å². The number of hydrogen-bond donors (Lipinski definition) is 0. The molecule has 0 bridgehead atoms. The highest BCUT2D eigenvalue weighted by molar-refractivity contribution is 6.32. The number of hydrogen-bond acceptors (Lipinski definition) is 5. The number of nitrogens with zero attached hydrogens (tertiary/aromatic N) is 4. The second kappa shape index (κ2) is 6.75. The Labute approximate surface area is 150 Å². The molecule has 0 saturated heterocycles. The lowest BCUT2D eigenvalue weighted by molar-refractivity contribution is -0.145. The van der Waals surface area contributed by atoms with Crippen molar-refractivity contribution >= 4 is 17.6 Å². The molecule has 3 heterocycles. The van der Waals surface area contributed by atoms with Gasteiger partial charge in [-0.05, 0) is 18.9 Å². The quantitative estimate of drug-likeness (QED) is 0.751. The van der Waals surface area contributed by atoms with E-state index in [1.165, 1.54) is 11.7 Å². The summed E-state index contributed by atoms with van der Waals surface area (Å²) in [5.74, 6) is -0.192. The summed E-state index contributed by atoms with van der Waals surface area (Å²) in [7, 11) is 1.22. The number of carbonyl (C=O) groups excluding carboxylic acids is 1. The molecule has 3 rings (SSSR count). The van der Waals surface area contributed by atoms with Crippen LogP contribution in [0.4, 0.5) is 13.2 Å². The van der Waals surface area contributed by atoms with Gasteiger partial charge in [-0.3, -0.25) is 9.55 Å². The van der Waals surface area contributed by atoms with Gasteiger partial charge in [0.2, 0.25) is 0 Å². The van der Waals surface area contributed by atoms with Gasteiger partial charge in [0.25, 0.3) is 0 Å². The Balaban J connectivity index is 2.00. The van der Waals surface area contributed by atoms with Crippen LogP contribution >= 0.6 is 11.6 Å². The molecule has 0 aliphatic carbocycles. The molecule has 0 spiro atoms. The minimum atomic E-state index is -4.64. The summed E-state index contributed by atoms with van der Waals surface area (Å²) < 4.78 is 45.8. The molecule has 2 aromatic heterocycles. The monoisotopic (exact) mass is 390 g/mol. The first-order valence-electron chi connectivity index (χ1n) is 7.70. The largest absolute Gasteiger partial charge is 0.467 e. The number of fused-ring (bicyclic) bond motifs is 1. The van der Waals surface area contributed by atoms with Crippen molar-refractivity contribution in [2.24, 2.45) is 0 Å². The Hall–Kier alpha value is -2.36. The van der Waals surface area contributed by atoms with Crippen molar-refractivity contribution in [3.63, 3.8) is 0 Å². The molecule has 1 aliphatic rings. The summed E-state index contributed by atoms with van der Waals surface area (Å²) >= 11 is 5.82. The first-order chi connectivity index (χ1) is 12.2. The average Bonchev–Trinajstić information content (AvgIpc) is 2.91. The topological polar surface area (TPSA) is 79.0 Å². The molecule has 11 heteroatoms. The van der Waals surface area contributed by atoms with Crippen molar-refractivity contribution in [2.45, 2.75) is 38.0 Å². The van der Waals surface area contributed by atoms with Crippen LogP contribution in [0.25, 0.3) is 0 Å². The Morgan fingerprint density at radius 1 is 1.46 bits per heavy atom. The molecule has 140 valence electrons. The first kappa shape index (κ1) is 18.4. The van der Waals surface area contributed by atoms with Gasteiger partial charge in [0.15, 0.2) is 0 Å². The smallest absolute Gasteiger partial charge is 0.417 e. The highest BCUT2D eigenvalue weighted by Gasteiger charge is 2.35. The minimum Gasteiger partial charge on any atom is -0.467 e. The number of ether oxygens (including phenoxy) is 1. The zero-order chi connectivity index (χ0) is 19.1. The molecule has 1 atom stereocenters. The average molecular weight is 391 g/mol. The summed E-state index contributed by atoms with van der Waals surface area (Å²) in [6.45, 7) is -0.338. The molecule has 1 unspecified atom stereocenters. The molecule has 1 aliphatic heterocycles. The summed E-state index contributed by atoms with van der Waals surface area (Å²) in [5, 5.41) is 3.54. The van der Waals surface area contributed by atoms with Gasteiger partial charge >= 0.3 is 17.8 Å². The van der Waals surface area contributed by atoms with E-state index < -0.39 is 34.5 Å². The van der Waals surface area contributed by atoms with E-state index in [0.29, 0.717) is 25.1 Å². The van der Waals surface area contributed by atoms with Crippen LogP contribution in [0.15, 0.2) is 17.1 Å². The molecule has 7 nitrogen and oxygen atoms in total. The highest BCUT2D eigenvalue weighted by Crippen LogP contribution is 2.35. The molecule has 0 amide bonds. The number of pyridine rings is 1. The Morgan fingerprint density at radius 3 is 2.85 bits per heavy atom. The number of esters is 1. The lowest BCUT2D eigenvalue weighted by Gasteiger charge is -2.20. The number of methoxy groups -OCH3 is 1. The third-order valence-corrected chi connectivity index (χ3v) is 4.59. The summed E-state index contributed by atoms with van der Waals surface area (Å²) in [5.41, 5.74) is -1.78. The number of aromatic nitrogens is 4. The Bertz CT molecular complexity index is 907. The van der Waals surface area contributed by atoms with Gasteiger partial charge in [0.05, 0.1) is 29.9 Å². The molecule has 2 aromatic rings. The molecular weight excluding hydrogens is 377 g/mol. The number of carbonyl (C=O) groups is 1. The van der Waals surface area contributed by atoms with Crippen molar-refractivity contribution < 1.29 is 22.7 Å². The predicted octanol–water partition coefficient (Wildman–Crippen LogP) is 2.21. The van der Waals surface area contributed by atoms with Crippen molar-refractivity contribution in [3.8, 4) is 0 Å². The molecule has 0 N–H and O–H groups in total. The van der Waals surface area contributed by atoms with Gasteiger partial charge in [-0.25, -0.2) is 14.3 Å². The molecule has 0 saturated carbocycles. The summed E-state index contributed by atoms with van der Waals surface area (Å²) in [6.07, 6.45) is -2.13. The summed E-state index contributed by atoms with van der Waals surface area (Å²) in [4.78, 5) is 28.3. The molecule has 26 heavy (non-hydrogen) atoms. The van der Waals surface area contributed by atoms with E-state index in [1.807, 2.05) is 0 Å². The maximum atomic E-state index is 13.0. The van der Waals surface area contributed by atoms with Crippen molar-refractivity contribution in [1.82, 2.24) is 19.3 Å². The molecule has 0 aromatic carbocycles. The zero-order valence-corrected chi connectivity index (χ0v) is 14.3. The number of aryl methyl sites for hydroxylation is 1. The maximum Gasteiger partial charge on any atom is 0.417 e. The van der Waals surface area contributed by atoms with Crippen molar-refractivity contribution in [1.29, 1.82) is 0 Å². The minimum absolute atomic E-state index is 0.131. The standard InChI is InChI=1S/C15H14ClF3N4O3/c1-26-13(24)10-3-2-4-11-21-22(14(25)23(10)11)7-9-12(16)8(5-6-20-9)15(17,18)19/h5-6,10H,2-4,7H2,1H3. The van der Waals surface area contributed by atoms with E-state index in [4.69, 9.17) is 16.3 Å². The molecular formula is C15H14ClF3N4O3. The van der Waals surface area contributed by atoms with E-state index in [1.54, 1.807) is 0 Å². The normalized spacial score (nSPS) is 17.0. The van der Waals surface area contributed by atoms with Crippen LogP contribution in [-0.2, 0) is 28.7 Å². The molecule has 0 radical (unpaired) electrons. The van der Waals surface area contributed by atoms with Crippen LogP contribution in [0.2, 0.25) is 5.02 Å². The maximum absolute atomic E-state index is 13.0. The van der Waals surface area contributed by atoms with E-state index in [0.717, 1.165) is 16.9 Å². The van der Waals surface area contributed by atoms with E-state index in [9.17, 15) is 22.8 Å². The fourth-order valence-corrected chi connectivity index (χ4v) is 3.23. The summed E-state index contributed by atoms with van der Waals surface area (Å²) in [6, 6.07) is -0.0324. The van der Waals surface area contributed by atoms with Crippen molar-refractivity contribution in [2.75, 3.05) is 7.11 Å². The van der Waals surface area contributed by atoms with Gasteiger partial charge in [-0.2, -0.15) is 18.3 Å². The van der Waals surface area contributed by atoms with Gasteiger partial charge in [0.1, 0.15) is 11.9 Å². The predicted molar refractivity (Wildman–Crippen MR) is 83.8 cm³/mol. The Kier molecular flexibility index (Phi) is 4.78. The van der Waals surface area contributed by atoms with Crippen LogP contribution in [0, 0.1) is 0 Å². The molecule has 0 fully saturated rings. The third kappa shape index (κ3) is 3.20. The third-order valence-electron chi connectivity index (χ3n) is 4.17. The van der Waals surface area contributed by atoms with E-state index >= 15 is 0 Å². The van der Waals surface area contributed by atoms with Crippen molar-refractivity contribution in [3.05, 3.63) is 44.9 Å². The van der Waals surface area contributed by atoms with Gasteiger partial charge in [0, 0.05) is 12.6 Å². The number of alkyl halides is 3. The van der Waals surface area contributed by atoms with Crippen LogP contribution in [-0.4, -0.2) is 32.4 Å². The lowest BCUT2D eigenvalue weighted by Crippen LogP contribution is -2.35. The SMILES string of the molecule is COC(=O)C1CCCc2nn(Cc3nccc(C(F)(F)F)c3Cl)c(=O)n21. The van der Waals surface area contributed by atoms with Gasteiger partial charge in [-0.1, -0.05) is 11.6 Å². The van der Waals surface area contributed by atoms with Gasteiger partial charge < -0.3 is 4.74 Å². The first-order valence-corrected chi connectivity index (χ1v) is 8.08. The second-order valence-electron chi connectivity index (χ2n) is 5.77. The van der Waals surface area contributed by atoms with Crippen LogP contribution in [0.3, 0.4) is 0 Å². The lowest BCUT2D eigenvalue weighted by atomic mass is 10.1.